The van der Waals surface area contributed by atoms with E-state index >= 15 is 0 Å². The van der Waals surface area contributed by atoms with Crippen molar-refractivity contribution in [1.82, 2.24) is 15.3 Å². The molecule has 0 spiro atoms. The number of nitrogens with zero attached hydrogens (tertiary/aromatic N) is 3. The van der Waals surface area contributed by atoms with Crippen LogP contribution in [0.1, 0.15) is 24.8 Å². The highest BCUT2D eigenvalue weighted by Crippen LogP contribution is 2.44. The number of aromatic nitrogens is 2. The average Bonchev–Trinajstić information content (AvgIpc) is 2.60. The third kappa shape index (κ3) is 3.50. The number of carbonyl (C=O) groups excluding carboxylic acids is 1. The second-order valence-electron chi connectivity index (χ2n) is 6.30. The zero-order valence-corrected chi connectivity index (χ0v) is 14.4. The number of amidine groups is 1. The zero-order chi connectivity index (χ0) is 18.6. The van der Waals surface area contributed by atoms with E-state index in [-0.39, 0.29) is 19.1 Å². The molecule has 136 valence electrons. The smallest absolute Gasteiger partial charge is 0.342 e. The van der Waals surface area contributed by atoms with Crippen molar-refractivity contribution in [3.63, 3.8) is 0 Å². The van der Waals surface area contributed by atoms with Gasteiger partial charge in [-0.3, -0.25) is 0 Å². The number of aliphatic hydroxyl groups is 1. The highest BCUT2D eigenvalue weighted by atomic mass is 16.3. The molecule has 1 aliphatic carbocycles. The van der Waals surface area contributed by atoms with Crippen molar-refractivity contribution in [2.75, 3.05) is 18.9 Å². The van der Waals surface area contributed by atoms with Crippen molar-refractivity contribution in [2.24, 2.45) is 10.7 Å². The van der Waals surface area contributed by atoms with Gasteiger partial charge in [-0.2, -0.15) is 4.99 Å². The summed E-state index contributed by atoms with van der Waals surface area (Å²) in [5.41, 5.74) is 14.2. The van der Waals surface area contributed by atoms with Gasteiger partial charge in [-0.15, -0.1) is 0 Å². The molecule has 2 aromatic rings. The molecule has 1 aromatic carbocycles. The first-order chi connectivity index (χ1) is 12.5. The fourth-order valence-electron chi connectivity index (χ4n) is 3.11. The van der Waals surface area contributed by atoms with E-state index < -0.39 is 11.4 Å². The van der Waals surface area contributed by atoms with E-state index in [1.807, 2.05) is 24.3 Å². The van der Waals surface area contributed by atoms with Gasteiger partial charge >= 0.3 is 6.03 Å². The van der Waals surface area contributed by atoms with Crippen LogP contribution in [0.4, 0.5) is 10.7 Å². The lowest BCUT2D eigenvalue weighted by molar-refractivity contribution is 0.241. The molecule has 0 saturated heterocycles. The summed E-state index contributed by atoms with van der Waals surface area (Å²) in [7, 11) is 0. The molecular weight excluding hydrogens is 332 g/mol. The molecule has 3 rings (SSSR count). The molecule has 1 saturated carbocycles. The van der Waals surface area contributed by atoms with Crippen LogP contribution in [0.15, 0.2) is 41.7 Å². The Hall–Kier alpha value is -3.00. The number of nitrogens with two attached hydrogens (primary N) is 2. The van der Waals surface area contributed by atoms with Crippen LogP contribution in [-0.4, -0.2) is 40.1 Å². The van der Waals surface area contributed by atoms with Crippen molar-refractivity contribution >= 4 is 17.8 Å². The molecule has 26 heavy (non-hydrogen) atoms. The number of rotatable bonds is 5. The summed E-state index contributed by atoms with van der Waals surface area (Å²) >= 11 is 0. The molecule has 1 aliphatic rings. The highest BCUT2D eigenvalue weighted by Gasteiger charge is 2.42. The summed E-state index contributed by atoms with van der Waals surface area (Å²) in [5.74, 6) is 0.546. The Balaban J connectivity index is 1.82. The topological polar surface area (TPSA) is 140 Å². The molecule has 6 N–H and O–H groups in total. The Bertz CT molecular complexity index is 797. The molecule has 1 heterocycles. The van der Waals surface area contributed by atoms with E-state index in [2.05, 4.69) is 20.3 Å². The van der Waals surface area contributed by atoms with Gasteiger partial charge in [0, 0.05) is 24.5 Å². The molecule has 2 amide bonds. The number of hydrogen-bond donors (Lipinski definition) is 4. The minimum absolute atomic E-state index is 0.136. The molecule has 0 radical (unpaired) electrons. The summed E-state index contributed by atoms with van der Waals surface area (Å²) in [6.07, 6.45) is 6.08. The number of amides is 2. The van der Waals surface area contributed by atoms with Gasteiger partial charge in [0.05, 0.1) is 12.0 Å². The van der Waals surface area contributed by atoms with Gasteiger partial charge in [-0.25, -0.2) is 14.8 Å². The number of nitrogen functional groups attached to an aromatic ring is 1. The maximum atomic E-state index is 11.8. The number of carbonyl (C=O) groups is 1. The first-order valence-electron chi connectivity index (χ1n) is 8.47. The molecule has 8 heteroatoms. The van der Waals surface area contributed by atoms with Crippen molar-refractivity contribution in [1.29, 1.82) is 0 Å². The molecule has 8 nitrogen and oxygen atoms in total. The molecule has 0 atom stereocenters. The normalized spacial score (nSPS) is 16.0. The van der Waals surface area contributed by atoms with Crippen molar-refractivity contribution < 1.29 is 9.90 Å². The van der Waals surface area contributed by atoms with Gasteiger partial charge in [0.15, 0.2) is 0 Å². The number of urea groups is 1. The number of anilines is 1. The number of aliphatic hydroxyl groups excluding tert-OH is 1. The van der Waals surface area contributed by atoms with Gasteiger partial charge in [0.2, 0.25) is 5.95 Å². The first kappa shape index (κ1) is 17.8. The minimum atomic E-state index is -0.529. The van der Waals surface area contributed by atoms with Gasteiger partial charge < -0.3 is 21.9 Å². The van der Waals surface area contributed by atoms with E-state index in [4.69, 9.17) is 16.6 Å². The van der Waals surface area contributed by atoms with Crippen LogP contribution in [0, 0.1) is 0 Å². The zero-order valence-electron chi connectivity index (χ0n) is 14.4. The van der Waals surface area contributed by atoms with Crippen molar-refractivity contribution in [3.05, 3.63) is 42.2 Å². The van der Waals surface area contributed by atoms with E-state index in [0.717, 1.165) is 36.0 Å². The van der Waals surface area contributed by atoms with Crippen molar-refractivity contribution in [2.45, 2.75) is 24.7 Å². The second-order valence-corrected chi connectivity index (χ2v) is 6.30. The van der Waals surface area contributed by atoms with E-state index in [1.54, 1.807) is 12.4 Å². The van der Waals surface area contributed by atoms with E-state index in [9.17, 15) is 4.79 Å². The molecule has 1 aromatic heterocycles. The number of hydrogen-bond acceptors (Lipinski definition) is 5. The Labute approximate surface area is 151 Å². The maximum Gasteiger partial charge on any atom is 0.342 e. The van der Waals surface area contributed by atoms with E-state index in [1.165, 1.54) is 0 Å². The van der Waals surface area contributed by atoms with E-state index in [0.29, 0.717) is 5.84 Å². The Morgan fingerprint density at radius 1 is 1.19 bits per heavy atom. The lowest BCUT2D eigenvalue weighted by Gasteiger charge is -2.41. The predicted octanol–water partition coefficient (Wildman–Crippen LogP) is 1.21. The summed E-state index contributed by atoms with van der Waals surface area (Å²) in [4.78, 5) is 23.8. The van der Waals surface area contributed by atoms with Crippen LogP contribution < -0.4 is 16.8 Å². The highest BCUT2D eigenvalue weighted by molar-refractivity contribution is 6.00. The van der Waals surface area contributed by atoms with Crippen LogP contribution in [0.25, 0.3) is 11.1 Å². The molecule has 0 unspecified atom stereocenters. The minimum Gasteiger partial charge on any atom is -0.395 e. The third-order valence-electron chi connectivity index (χ3n) is 4.75. The maximum absolute atomic E-state index is 11.8. The Morgan fingerprint density at radius 2 is 1.85 bits per heavy atom. The summed E-state index contributed by atoms with van der Waals surface area (Å²) in [5, 5.41) is 11.3. The van der Waals surface area contributed by atoms with Gasteiger partial charge in [0.25, 0.3) is 0 Å². The van der Waals surface area contributed by atoms with Gasteiger partial charge in [0.1, 0.15) is 5.84 Å². The third-order valence-corrected chi connectivity index (χ3v) is 4.75. The van der Waals surface area contributed by atoms with Gasteiger partial charge in [-0.1, -0.05) is 30.7 Å². The number of aliphatic imine (C=N–C) groups is 1. The average molecular weight is 354 g/mol. The fourth-order valence-corrected chi connectivity index (χ4v) is 3.11. The van der Waals surface area contributed by atoms with Crippen LogP contribution >= 0.6 is 0 Å². The lowest BCUT2D eigenvalue weighted by Crippen LogP contribution is -2.47. The van der Waals surface area contributed by atoms with Crippen LogP contribution in [0.2, 0.25) is 0 Å². The van der Waals surface area contributed by atoms with Crippen molar-refractivity contribution in [3.8, 4) is 11.1 Å². The van der Waals surface area contributed by atoms with Crippen LogP contribution in [0.5, 0.6) is 0 Å². The standard InChI is InChI=1S/C18H22N6O2/c19-15(24-17(26)21-8-9-25)18(6-1-7-18)14-4-2-12(3-5-14)13-10-22-16(20)23-11-13/h2-5,10-11,25H,1,6-9H2,(H2,20,22,23)(H3,19,21,24,26). The van der Waals surface area contributed by atoms with Crippen LogP contribution in [0.3, 0.4) is 0 Å². The summed E-state index contributed by atoms with van der Waals surface area (Å²) in [6, 6.07) is 7.42. The fraction of sp³-hybridized carbons (Fsp3) is 0.333. The molecule has 0 aliphatic heterocycles. The largest absolute Gasteiger partial charge is 0.395 e. The summed E-state index contributed by atoms with van der Waals surface area (Å²) in [6.45, 7) is 0.0175. The second kappa shape index (κ2) is 7.49. The monoisotopic (exact) mass is 354 g/mol. The first-order valence-corrected chi connectivity index (χ1v) is 8.47. The van der Waals surface area contributed by atoms with Crippen LogP contribution in [-0.2, 0) is 5.41 Å². The Morgan fingerprint density at radius 3 is 2.38 bits per heavy atom. The summed E-state index contributed by atoms with van der Waals surface area (Å²) < 4.78 is 0. The Kier molecular flexibility index (Phi) is 5.13. The quantitative estimate of drug-likeness (QED) is 0.470. The lowest BCUT2D eigenvalue weighted by atomic mass is 9.63. The predicted molar refractivity (Wildman–Crippen MR) is 99.5 cm³/mol. The molecular formula is C18H22N6O2. The molecule has 0 bridgehead atoms. The van der Waals surface area contributed by atoms with Gasteiger partial charge in [-0.05, 0) is 24.0 Å². The SMILES string of the molecule is N/C(=N\C(=O)NCCO)C1(c2ccc(-c3cnc(N)nc3)cc2)CCC1. The number of nitrogens with one attached hydrogen (secondary N) is 1. The molecule has 1 fully saturated rings. The number of benzene rings is 1.